The summed E-state index contributed by atoms with van der Waals surface area (Å²) in [5.41, 5.74) is 0.500. The third kappa shape index (κ3) is 156. The average Bonchev–Trinajstić information content (AvgIpc) is 0.722. The molecule has 1 heteroatoms. The predicted octanol–water partition coefficient (Wildman–Crippen LogP) is 2.05. The summed E-state index contributed by atoms with van der Waals surface area (Å²) in [4.78, 5) is 0. The monoisotopic (exact) mass is 175 g/mol. The molecule has 6 heavy (non-hydrogen) atoms. The second-order valence-corrected chi connectivity index (χ2v) is 3.00. The van der Waals surface area contributed by atoms with E-state index in [1.807, 2.05) is 0 Å². The Kier molecular flexibility index (Phi) is 4.47. The van der Waals surface area contributed by atoms with Crippen LogP contribution in [0.25, 0.3) is 0 Å². The molecule has 0 saturated carbocycles. The van der Waals surface area contributed by atoms with Crippen molar-refractivity contribution < 1.29 is 19.5 Å². The van der Waals surface area contributed by atoms with Crippen molar-refractivity contribution in [2.24, 2.45) is 5.41 Å². The third-order valence-corrected chi connectivity index (χ3v) is 0. The smallest absolute Gasteiger partial charge is 0 e. The SMILES string of the molecule is CC(C)(C)C.[Rh]. The molecule has 0 aromatic rings. The summed E-state index contributed by atoms with van der Waals surface area (Å²) in [6, 6.07) is 0. The summed E-state index contributed by atoms with van der Waals surface area (Å²) in [5.74, 6) is 0. The average molecular weight is 175 g/mol. The zero-order chi connectivity index (χ0) is 4.50. The normalized spacial score (nSPS) is 10.0. The van der Waals surface area contributed by atoms with Crippen LogP contribution in [0.3, 0.4) is 0 Å². The number of hydrogen-bond acceptors (Lipinski definition) is 0. The Morgan fingerprint density at radius 2 is 0.833 bits per heavy atom. The first-order valence-corrected chi connectivity index (χ1v) is 2.00. The van der Waals surface area contributed by atoms with Crippen molar-refractivity contribution in [2.45, 2.75) is 27.7 Å². The van der Waals surface area contributed by atoms with E-state index in [1.165, 1.54) is 0 Å². The summed E-state index contributed by atoms with van der Waals surface area (Å²) in [7, 11) is 0. The topological polar surface area (TPSA) is 0 Å². The first-order chi connectivity index (χ1) is 2.00. The van der Waals surface area contributed by atoms with Crippen molar-refractivity contribution in [1.29, 1.82) is 0 Å². The van der Waals surface area contributed by atoms with E-state index >= 15 is 0 Å². The van der Waals surface area contributed by atoms with Crippen LogP contribution in [0.15, 0.2) is 0 Å². The fourth-order valence-corrected chi connectivity index (χ4v) is 0. The van der Waals surface area contributed by atoms with Gasteiger partial charge < -0.3 is 0 Å². The van der Waals surface area contributed by atoms with Gasteiger partial charge in [-0.1, -0.05) is 27.7 Å². The van der Waals surface area contributed by atoms with Crippen LogP contribution in [0.5, 0.6) is 0 Å². The summed E-state index contributed by atoms with van der Waals surface area (Å²) < 4.78 is 0. The van der Waals surface area contributed by atoms with Gasteiger partial charge in [-0.2, -0.15) is 0 Å². The summed E-state index contributed by atoms with van der Waals surface area (Å²) >= 11 is 0. The van der Waals surface area contributed by atoms with Gasteiger partial charge in [-0.05, 0) is 5.41 Å². The molecule has 0 fully saturated rings. The van der Waals surface area contributed by atoms with Crippen LogP contribution in [-0.4, -0.2) is 0 Å². The van der Waals surface area contributed by atoms with E-state index in [4.69, 9.17) is 0 Å². The van der Waals surface area contributed by atoms with Gasteiger partial charge in [-0.15, -0.1) is 0 Å². The first-order valence-electron chi connectivity index (χ1n) is 2.00. The van der Waals surface area contributed by atoms with Crippen molar-refractivity contribution in [3.05, 3.63) is 0 Å². The van der Waals surface area contributed by atoms with Crippen LogP contribution in [0.4, 0.5) is 0 Å². The van der Waals surface area contributed by atoms with Gasteiger partial charge in [-0.25, -0.2) is 0 Å². The summed E-state index contributed by atoms with van der Waals surface area (Å²) in [6.07, 6.45) is 0. The van der Waals surface area contributed by atoms with Crippen LogP contribution >= 0.6 is 0 Å². The molecule has 0 aromatic heterocycles. The zero-order valence-electron chi connectivity index (χ0n) is 4.83. The molecule has 1 radical (unpaired) electrons. The Balaban J connectivity index is 0. The molecule has 0 aliphatic rings. The Hall–Kier alpha value is 0.623. The van der Waals surface area contributed by atoms with Gasteiger partial charge in [0.1, 0.15) is 0 Å². The quantitative estimate of drug-likeness (QED) is 0.494. The van der Waals surface area contributed by atoms with Crippen molar-refractivity contribution in [2.75, 3.05) is 0 Å². The molecule has 0 saturated heterocycles. The van der Waals surface area contributed by atoms with E-state index in [-0.39, 0.29) is 19.5 Å². The van der Waals surface area contributed by atoms with Crippen molar-refractivity contribution >= 4 is 0 Å². The Labute approximate surface area is 53.1 Å². The fraction of sp³-hybridized carbons (Fsp3) is 1.00. The maximum Gasteiger partial charge on any atom is 0 e. The molecule has 0 N–H and O–H groups in total. The van der Waals surface area contributed by atoms with Gasteiger partial charge in [-0.3, -0.25) is 0 Å². The number of hydrogen-bond donors (Lipinski definition) is 0. The zero-order valence-corrected chi connectivity index (χ0v) is 6.47. The minimum atomic E-state index is 0. The van der Waals surface area contributed by atoms with Crippen molar-refractivity contribution in [3.63, 3.8) is 0 Å². The number of rotatable bonds is 0. The minimum Gasteiger partial charge on any atom is -0.0604 e. The molecule has 0 aromatic carbocycles. The van der Waals surface area contributed by atoms with E-state index in [1.54, 1.807) is 0 Å². The molecule has 0 aliphatic carbocycles. The molecule has 0 nitrogen and oxygen atoms in total. The van der Waals surface area contributed by atoms with E-state index in [0.29, 0.717) is 5.41 Å². The van der Waals surface area contributed by atoms with Crippen LogP contribution in [0.2, 0.25) is 0 Å². The largest absolute Gasteiger partial charge is 0.0604 e. The Morgan fingerprint density at radius 3 is 0.833 bits per heavy atom. The molecular formula is C5H12Rh. The Bertz CT molecular complexity index is 19.4. The van der Waals surface area contributed by atoms with Gasteiger partial charge in [0.05, 0.1) is 0 Å². The molecule has 0 rings (SSSR count). The molecule has 41 valence electrons. The van der Waals surface area contributed by atoms with Crippen LogP contribution in [0.1, 0.15) is 27.7 Å². The predicted molar refractivity (Wildman–Crippen MR) is 25.1 cm³/mol. The fourth-order valence-electron chi connectivity index (χ4n) is 0. The standard InChI is InChI=1S/C5H12.Rh/c1-5(2,3)4;/h1-4H3;. The summed E-state index contributed by atoms with van der Waals surface area (Å²) in [6.45, 7) is 8.75. The van der Waals surface area contributed by atoms with E-state index in [9.17, 15) is 0 Å². The van der Waals surface area contributed by atoms with Gasteiger partial charge in [0.25, 0.3) is 0 Å². The van der Waals surface area contributed by atoms with E-state index < -0.39 is 0 Å². The molecule has 0 heterocycles. The second-order valence-electron chi connectivity index (χ2n) is 3.00. The van der Waals surface area contributed by atoms with Crippen LogP contribution < -0.4 is 0 Å². The third-order valence-electron chi connectivity index (χ3n) is 0. The molecular weight excluding hydrogens is 163 g/mol. The summed E-state index contributed by atoms with van der Waals surface area (Å²) in [5, 5.41) is 0. The molecule has 0 aliphatic heterocycles. The molecule has 0 amide bonds. The van der Waals surface area contributed by atoms with E-state index in [2.05, 4.69) is 27.7 Å². The molecule has 0 unspecified atom stereocenters. The second kappa shape index (κ2) is 2.74. The van der Waals surface area contributed by atoms with Crippen molar-refractivity contribution in [1.82, 2.24) is 0 Å². The molecule has 0 spiro atoms. The van der Waals surface area contributed by atoms with E-state index in [0.717, 1.165) is 0 Å². The molecule has 0 bridgehead atoms. The van der Waals surface area contributed by atoms with Crippen LogP contribution in [0, 0.1) is 5.41 Å². The van der Waals surface area contributed by atoms with Gasteiger partial charge in [0.2, 0.25) is 0 Å². The van der Waals surface area contributed by atoms with Gasteiger partial charge in [0.15, 0.2) is 0 Å². The first kappa shape index (κ1) is 9.80. The Morgan fingerprint density at radius 1 is 0.833 bits per heavy atom. The van der Waals surface area contributed by atoms with Gasteiger partial charge >= 0.3 is 0 Å². The van der Waals surface area contributed by atoms with Crippen LogP contribution in [-0.2, 0) is 19.5 Å². The minimum absolute atomic E-state index is 0. The molecule has 0 atom stereocenters. The maximum absolute atomic E-state index is 2.19. The maximum atomic E-state index is 2.19. The van der Waals surface area contributed by atoms with Crippen molar-refractivity contribution in [3.8, 4) is 0 Å². The van der Waals surface area contributed by atoms with Gasteiger partial charge in [0, 0.05) is 19.5 Å².